The molecule has 1 amide bonds. The largest absolute Gasteiger partial charge is 0.318 e. The molecule has 2 aromatic rings. The van der Waals surface area contributed by atoms with Crippen LogP contribution in [0, 0.1) is 13.8 Å². The molecule has 1 saturated heterocycles. The summed E-state index contributed by atoms with van der Waals surface area (Å²) in [6.45, 7) is 16.2. The lowest BCUT2D eigenvalue weighted by Gasteiger charge is -2.20. The molecule has 0 N–H and O–H groups in total. The van der Waals surface area contributed by atoms with Gasteiger partial charge in [0, 0.05) is 30.2 Å². The maximum Gasteiger partial charge on any atom is 0.266 e. The first kappa shape index (κ1) is 21.4. The number of hydrogen-bond donors (Lipinski definition) is 0. The van der Waals surface area contributed by atoms with Gasteiger partial charge < -0.3 is 4.57 Å². The van der Waals surface area contributed by atoms with E-state index in [4.69, 9.17) is 0 Å². The van der Waals surface area contributed by atoms with Crippen molar-refractivity contribution in [1.82, 2.24) is 9.47 Å². The maximum absolute atomic E-state index is 12.8. The molecule has 1 aliphatic heterocycles. The zero-order valence-corrected chi connectivity index (χ0v) is 19.4. The second kappa shape index (κ2) is 8.23. The van der Waals surface area contributed by atoms with Gasteiger partial charge in [-0.2, -0.15) is 0 Å². The van der Waals surface area contributed by atoms with Gasteiger partial charge in [-0.05, 0) is 80.3 Å². The fourth-order valence-electron chi connectivity index (χ4n) is 3.62. The molecule has 0 atom stereocenters. The first-order valence-electron chi connectivity index (χ1n) is 10.2. The van der Waals surface area contributed by atoms with Crippen LogP contribution >= 0.6 is 11.8 Å². The highest BCUT2D eigenvalue weighted by Crippen LogP contribution is 2.34. The standard InChI is InChI=1S/C24H31N3OS/c1-8-25-23-26(9-2)22(28)21(29-23)15-18-14-16(3)27(17(18)4)20-12-10-19(11-13-20)24(5,6)7/h10-15H,8-9H2,1-7H3/b21-15-,25-23?. The van der Waals surface area contributed by atoms with Crippen molar-refractivity contribution in [3.05, 3.63) is 57.8 Å². The molecule has 0 saturated carbocycles. The minimum atomic E-state index is 0.0454. The number of likely N-dealkylation sites (N-methyl/N-ethyl adjacent to an activating group) is 1. The molecule has 1 aromatic heterocycles. The zero-order valence-electron chi connectivity index (χ0n) is 18.5. The van der Waals surface area contributed by atoms with Gasteiger partial charge in [0.2, 0.25) is 0 Å². The van der Waals surface area contributed by atoms with Crippen LogP contribution in [0.5, 0.6) is 0 Å². The third-order valence-electron chi connectivity index (χ3n) is 5.25. The highest BCUT2D eigenvalue weighted by Gasteiger charge is 2.32. The van der Waals surface area contributed by atoms with Crippen molar-refractivity contribution in [2.45, 2.75) is 53.9 Å². The topological polar surface area (TPSA) is 37.6 Å². The molecule has 4 nitrogen and oxygen atoms in total. The molecule has 0 aliphatic carbocycles. The summed E-state index contributed by atoms with van der Waals surface area (Å²) < 4.78 is 2.25. The Morgan fingerprint density at radius 1 is 1.10 bits per heavy atom. The average Bonchev–Trinajstić information content (AvgIpc) is 3.10. The number of carbonyl (C=O) groups is 1. The normalized spacial score (nSPS) is 17.8. The second-order valence-corrected chi connectivity index (χ2v) is 9.38. The van der Waals surface area contributed by atoms with Crippen molar-refractivity contribution in [3.63, 3.8) is 0 Å². The molecule has 3 rings (SSSR count). The molecule has 0 bridgehead atoms. The third-order valence-corrected chi connectivity index (χ3v) is 6.29. The SMILES string of the molecule is CCN=C1S/C(=C\c2cc(C)n(-c3ccc(C(C)(C)C)cc3)c2C)C(=O)N1CC. The highest BCUT2D eigenvalue weighted by atomic mass is 32.2. The Labute approximate surface area is 178 Å². The molecule has 0 unspecified atom stereocenters. The predicted octanol–water partition coefficient (Wildman–Crippen LogP) is 5.70. The summed E-state index contributed by atoms with van der Waals surface area (Å²) in [5, 5.41) is 0.804. The molecule has 154 valence electrons. The van der Waals surface area contributed by atoms with Gasteiger partial charge in [0.25, 0.3) is 5.91 Å². The predicted molar refractivity (Wildman–Crippen MR) is 125 cm³/mol. The van der Waals surface area contributed by atoms with Crippen molar-refractivity contribution in [2.75, 3.05) is 13.1 Å². The Morgan fingerprint density at radius 3 is 2.31 bits per heavy atom. The van der Waals surface area contributed by atoms with E-state index in [-0.39, 0.29) is 11.3 Å². The Balaban J connectivity index is 1.97. The van der Waals surface area contributed by atoms with Gasteiger partial charge in [-0.3, -0.25) is 14.7 Å². The van der Waals surface area contributed by atoms with Crippen LogP contribution in [0.15, 0.2) is 40.2 Å². The smallest absolute Gasteiger partial charge is 0.266 e. The molecule has 0 radical (unpaired) electrons. The van der Waals surface area contributed by atoms with Crippen LogP contribution in [0.2, 0.25) is 0 Å². The number of aryl methyl sites for hydroxylation is 1. The van der Waals surface area contributed by atoms with Gasteiger partial charge in [0.05, 0.1) is 4.91 Å². The number of aliphatic imine (C=N–C) groups is 1. The van der Waals surface area contributed by atoms with E-state index in [1.807, 2.05) is 19.9 Å². The average molecular weight is 410 g/mol. The molecule has 5 heteroatoms. The fraction of sp³-hybridized carbons (Fsp3) is 0.417. The molecule has 0 spiro atoms. The van der Waals surface area contributed by atoms with Crippen LogP contribution in [0.25, 0.3) is 11.8 Å². The van der Waals surface area contributed by atoms with Crippen LogP contribution in [0.1, 0.15) is 57.1 Å². The molecule has 29 heavy (non-hydrogen) atoms. The molecular weight excluding hydrogens is 378 g/mol. The van der Waals surface area contributed by atoms with Gasteiger partial charge in [-0.1, -0.05) is 32.9 Å². The number of rotatable bonds is 4. The molecule has 2 heterocycles. The van der Waals surface area contributed by atoms with Gasteiger partial charge >= 0.3 is 0 Å². The van der Waals surface area contributed by atoms with Crippen LogP contribution in [-0.2, 0) is 10.2 Å². The van der Waals surface area contributed by atoms with E-state index >= 15 is 0 Å². The molecule has 1 aliphatic rings. The van der Waals surface area contributed by atoms with Crippen LogP contribution < -0.4 is 0 Å². The fourth-order valence-corrected chi connectivity index (χ4v) is 4.72. The van der Waals surface area contributed by atoms with Crippen LogP contribution in [-0.4, -0.2) is 33.6 Å². The number of carbonyl (C=O) groups excluding carboxylic acids is 1. The van der Waals surface area contributed by atoms with Crippen molar-refractivity contribution in [2.24, 2.45) is 4.99 Å². The summed E-state index contributed by atoms with van der Waals surface area (Å²) in [5.41, 5.74) is 5.97. The maximum atomic E-state index is 12.8. The second-order valence-electron chi connectivity index (χ2n) is 8.38. The number of aromatic nitrogens is 1. The van der Waals surface area contributed by atoms with Crippen LogP contribution in [0.4, 0.5) is 0 Å². The van der Waals surface area contributed by atoms with Gasteiger partial charge in [-0.15, -0.1) is 0 Å². The lowest BCUT2D eigenvalue weighted by molar-refractivity contribution is -0.122. The zero-order chi connectivity index (χ0) is 21.3. The minimum absolute atomic E-state index is 0.0454. The first-order valence-corrected chi connectivity index (χ1v) is 11.0. The molecule has 1 fully saturated rings. The van der Waals surface area contributed by atoms with Gasteiger partial charge in [0.15, 0.2) is 5.17 Å². The van der Waals surface area contributed by atoms with Crippen molar-refractivity contribution in [3.8, 4) is 5.69 Å². The number of hydrogen-bond acceptors (Lipinski definition) is 3. The van der Waals surface area contributed by atoms with E-state index in [9.17, 15) is 4.79 Å². The Kier molecular flexibility index (Phi) is 6.08. The van der Waals surface area contributed by atoms with Crippen molar-refractivity contribution < 1.29 is 4.79 Å². The van der Waals surface area contributed by atoms with Gasteiger partial charge in [0.1, 0.15) is 0 Å². The van der Waals surface area contributed by atoms with E-state index in [1.54, 1.807) is 4.90 Å². The first-order chi connectivity index (χ1) is 13.7. The summed E-state index contributed by atoms with van der Waals surface area (Å²) in [6, 6.07) is 10.9. The van der Waals surface area contributed by atoms with Crippen molar-refractivity contribution in [1.29, 1.82) is 0 Å². The summed E-state index contributed by atoms with van der Waals surface area (Å²) in [6.07, 6.45) is 2.01. The van der Waals surface area contributed by atoms with E-state index in [0.29, 0.717) is 13.1 Å². The Morgan fingerprint density at radius 2 is 1.76 bits per heavy atom. The van der Waals surface area contributed by atoms with E-state index in [0.717, 1.165) is 32.7 Å². The molecule has 1 aromatic carbocycles. The summed E-state index contributed by atoms with van der Waals surface area (Å²) in [4.78, 5) is 19.8. The third kappa shape index (κ3) is 4.20. The number of amides is 1. The Bertz CT molecular complexity index is 975. The summed E-state index contributed by atoms with van der Waals surface area (Å²) in [7, 11) is 0. The van der Waals surface area contributed by atoms with E-state index < -0.39 is 0 Å². The minimum Gasteiger partial charge on any atom is -0.318 e. The number of amidine groups is 1. The van der Waals surface area contributed by atoms with Crippen LogP contribution in [0.3, 0.4) is 0 Å². The summed E-state index contributed by atoms with van der Waals surface area (Å²) in [5.74, 6) is 0.0454. The number of benzene rings is 1. The van der Waals surface area contributed by atoms with E-state index in [1.165, 1.54) is 17.3 Å². The van der Waals surface area contributed by atoms with Gasteiger partial charge in [-0.25, -0.2) is 0 Å². The summed E-state index contributed by atoms with van der Waals surface area (Å²) >= 11 is 1.47. The lowest BCUT2D eigenvalue weighted by Crippen LogP contribution is -2.28. The number of nitrogens with zero attached hydrogens (tertiary/aromatic N) is 3. The monoisotopic (exact) mass is 409 g/mol. The quantitative estimate of drug-likeness (QED) is 0.607. The lowest BCUT2D eigenvalue weighted by atomic mass is 9.87. The highest BCUT2D eigenvalue weighted by molar-refractivity contribution is 8.18. The number of thioether (sulfide) groups is 1. The Hall–Kier alpha value is -2.27. The molecular formula is C24H31N3OS. The van der Waals surface area contributed by atoms with E-state index in [2.05, 4.69) is 74.5 Å². The van der Waals surface area contributed by atoms with Crippen molar-refractivity contribution >= 4 is 28.9 Å².